The second-order valence-electron chi connectivity index (χ2n) is 8.33. The van der Waals surface area contributed by atoms with E-state index in [1.807, 2.05) is 10.9 Å². The Bertz CT molecular complexity index is 622. The van der Waals surface area contributed by atoms with E-state index in [9.17, 15) is 4.79 Å². The summed E-state index contributed by atoms with van der Waals surface area (Å²) in [4.78, 5) is 14.6. The van der Waals surface area contributed by atoms with Gasteiger partial charge in [0.15, 0.2) is 5.69 Å². The van der Waals surface area contributed by atoms with Crippen LogP contribution in [0.25, 0.3) is 0 Å². The Hall–Kier alpha value is -1.69. The Morgan fingerprint density at radius 3 is 2.69 bits per heavy atom. The van der Waals surface area contributed by atoms with Crippen LogP contribution in [0.1, 0.15) is 75.8 Å². The molecule has 1 saturated carbocycles. The normalized spacial score (nSPS) is 20.0. The fraction of sp³-hybridized carbons (Fsp3) is 0.750. The summed E-state index contributed by atoms with van der Waals surface area (Å²) in [6, 6.07) is 0.719. The molecule has 0 radical (unpaired) electrons. The van der Waals surface area contributed by atoms with Crippen molar-refractivity contribution in [2.75, 3.05) is 19.6 Å². The first-order chi connectivity index (χ1) is 12.5. The molecule has 1 aliphatic carbocycles. The van der Waals surface area contributed by atoms with Crippen LogP contribution in [0.5, 0.6) is 0 Å². The number of piperidine rings is 1. The van der Waals surface area contributed by atoms with Crippen LogP contribution >= 0.6 is 0 Å². The third-order valence-corrected chi connectivity index (χ3v) is 5.37. The molecular weight excluding hydrogens is 326 g/mol. The SMILES string of the molecule is CC(C)=CCC[C@H](C)CN1CCC(n2cc(C(=O)NC3CC3)nn2)CC1. The molecular formula is C20H33N5O. The predicted octanol–water partition coefficient (Wildman–Crippen LogP) is 3.19. The van der Waals surface area contributed by atoms with Crippen molar-refractivity contribution >= 4 is 5.91 Å². The Morgan fingerprint density at radius 1 is 1.31 bits per heavy atom. The van der Waals surface area contributed by atoms with Crippen LogP contribution in [0.4, 0.5) is 0 Å². The number of amides is 1. The van der Waals surface area contributed by atoms with Crippen molar-refractivity contribution in [1.82, 2.24) is 25.2 Å². The van der Waals surface area contributed by atoms with Crippen molar-refractivity contribution in [1.29, 1.82) is 0 Å². The molecule has 0 aromatic carbocycles. The molecule has 26 heavy (non-hydrogen) atoms. The first kappa shape index (κ1) is 19.1. The van der Waals surface area contributed by atoms with Crippen LogP contribution in [0.2, 0.25) is 0 Å². The van der Waals surface area contributed by atoms with Gasteiger partial charge in [-0.3, -0.25) is 4.79 Å². The number of hydrogen-bond acceptors (Lipinski definition) is 4. The zero-order chi connectivity index (χ0) is 18.5. The molecule has 0 unspecified atom stereocenters. The van der Waals surface area contributed by atoms with Gasteiger partial charge in [-0.25, -0.2) is 4.68 Å². The van der Waals surface area contributed by atoms with E-state index in [4.69, 9.17) is 0 Å². The number of carbonyl (C=O) groups excluding carboxylic acids is 1. The largest absolute Gasteiger partial charge is 0.348 e. The van der Waals surface area contributed by atoms with Gasteiger partial charge in [-0.05, 0) is 58.3 Å². The molecule has 0 spiro atoms. The van der Waals surface area contributed by atoms with E-state index in [1.165, 1.54) is 25.0 Å². The maximum atomic E-state index is 12.1. The fourth-order valence-corrected chi connectivity index (χ4v) is 3.60. The van der Waals surface area contributed by atoms with Crippen molar-refractivity contribution in [2.24, 2.45) is 5.92 Å². The zero-order valence-electron chi connectivity index (χ0n) is 16.4. The first-order valence-corrected chi connectivity index (χ1v) is 10.1. The average Bonchev–Trinajstić information content (AvgIpc) is 3.27. The molecule has 1 saturated heterocycles. The lowest BCUT2D eigenvalue weighted by Gasteiger charge is -2.33. The minimum Gasteiger partial charge on any atom is -0.348 e. The molecule has 1 N–H and O–H groups in total. The molecule has 2 aliphatic rings. The summed E-state index contributed by atoms with van der Waals surface area (Å²) in [5.41, 5.74) is 1.86. The highest BCUT2D eigenvalue weighted by atomic mass is 16.2. The average molecular weight is 360 g/mol. The van der Waals surface area contributed by atoms with E-state index in [2.05, 4.69) is 47.4 Å². The Morgan fingerprint density at radius 2 is 2.04 bits per heavy atom. The highest BCUT2D eigenvalue weighted by Crippen LogP contribution is 2.23. The van der Waals surface area contributed by atoms with Gasteiger partial charge in [0, 0.05) is 25.7 Å². The van der Waals surface area contributed by atoms with Gasteiger partial charge < -0.3 is 10.2 Å². The molecule has 3 rings (SSSR count). The van der Waals surface area contributed by atoms with Crippen LogP contribution in [0.15, 0.2) is 17.8 Å². The van der Waals surface area contributed by atoms with Crippen LogP contribution in [-0.4, -0.2) is 51.5 Å². The topological polar surface area (TPSA) is 63.1 Å². The molecule has 0 bridgehead atoms. The number of rotatable bonds is 8. The summed E-state index contributed by atoms with van der Waals surface area (Å²) < 4.78 is 1.90. The van der Waals surface area contributed by atoms with Crippen molar-refractivity contribution in [3.8, 4) is 0 Å². The van der Waals surface area contributed by atoms with Crippen molar-refractivity contribution in [2.45, 2.75) is 71.4 Å². The number of nitrogens with one attached hydrogen (secondary N) is 1. The Labute approximate surface area is 157 Å². The maximum Gasteiger partial charge on any atom is 0.273 e. The second kappa shape index (κ2) is 8.80. The zero-order valence-corrected chi connectivity index (χ0v) is 16.4. The molecule has 2 heterocycles. The minimum atomic E-state index is -0.0821. The van der Waals surface area contributed by atoms with Gasteiger partial charge in [0.2, 0.25) is 0 Å². The lowest BCUT2D eigenvalue weighted by Crippen LogP contribution is -2.37. The van der Waals surface area contributed by atoms with Gasteiger partial charge in [-0.15, -0.1) is 5.10 Å². The quantitative estimate of drug-likeness (QED) is 0.724. The van der Waals surface area contributed by atoms with Gasteiger partial charge in [-0.2, -0.15) is 0 Å². The van der Waals surface area contributed by atoms with E-state index >= 15 is 0 Å². The second-order valence-corrected chi connectivity index (χ2v) is 8.33. The number of hydrogen-bond donors (Lipinski definition) is 1. The molecule has 6 heteroatoms. The molecule has 144 valence electrons. The third-order valence-electron chi connectivity index (χ3n) is 5.37. The summed E-state index contributed by atoms with van der Waals surface area (Å²) >= 11 is 0. The van der Waals surface area contributed by atoms with E-state index < -0.39 is 0 Å². The minimum absolute atomic E-state index is 0.0821. The van der Waals surface area contributed by atoms with Gasteiger partial charge in [0.25, 0.3) is 5.91 Å². The lowest BCUT2D eigenvalue weighted by atomic mass is 10.0. The van der Waals surface area contributed by atoms with Gasteiger partial charge >= 0.3 is 0 Å². The van der Waals surface area contributed by atoms with E-state index in [0.29, 0.717) is 17.8 Å². The standard InChI is InChI=1S/C20H33N5O/c1-15(2)5-4-6-16(3)13-24-11-9-18(10-12-24)25-14-19(22-23-25)20(26)21-17-7-8-17/h5,14,16-18H,4,6-13H2,1-3H3,(H,21,26)/t16-/m0/s1. The molecule has 1 aromatic rings. The Balaban J connectivity index is 1.41. The summed E-state index contributed by atoms with van der Waals surface area (Å²) in [6.07, 6.45) is 10.9. The molecule has 6 nitrogen and oxygen atoms in total. The predicted molar refractivity (Wildman–Crippen MR) is 103 cm³/mol. The first-order valence-electron chi connectivity index (χ1n) is 10.1. The summed E-state index contributed by atoms with van der Waals surface area (Å²) in [5.74, 6) is 0.646. The maximum absolute atomic E-state index is 12.1. The Kier molecular flexibility index (Phi) is 6.46. The number of aromatic nitrogens is 3. The van der Waals surface area contributed by atoms with Crippen molar-refractivity contribution < 1.29 is 4.79 Å². The van der Waals surface area contributed by atoms with Crippen LogP contribution < -0.4 is 5.32 Å². The number of carbonyl (C=O) groups is 1. The summed E-state index contributed by atoms with van der Waals surface area (Å²) in [7, 11) is 0. The molecule has 1 aliphatic heterocycles. The smallest absolute Gasteiger partial charge is 0.273 e. The highest BCUT2D eigenvalue weighted by molar-refractivity contribution is 5.92. The van der Waals surface area contributed by atoms with Crippen molar-refractivity contribution in [3.05, 3.63) is 23.5 Å². The highest BCUT2D eigenvalue weighted by Gasteiger charge is 2.26. The lowest BCUT2D eigenvalue weighted by molar-refractivity contribution is 0.0946. The van der Waals surface area contributed by atoms with Gasteiger partial charge in [0.05, 0.1) is 12.2 Å². The number of likely N-dealkylation sites (tertiary alicyclic amines) is 1. The van der Waals surface area contributed by atoms with Crippen LogP contribution in [0, 0.1) is 5.92 Å². The fourth-order valence-electron chi connectivity index (χ4n) is 3.60. The van der Waals surface area contributed by atoms with Crippen molar-refractivity contribution in [3.63, 3.8) is 0 Å². The van der Waals surface area contributed by atoms with E-state index in [-0.39, 0.29) is 5.91 Å². The molecule has 1 atom stereocenters. The molecule has 2 fully saturated rings. The van der Waals surface area contributed by atoms with E-state index in [1.54, 1.807) is 0 Å². The molecule has 1 amide bonds. The van der Waals surface area contributed by atoms with Crippen LogP contribution in [-0.2, 0) is 0 Å². The summed E-state index contributed by atoms with van der Waals surface area (Å²) in [5, 5.41) is 11.3. The van der Waals surface area contributed by atoms with Gasteiger partial charge in [-0.1, -0.05) is 23.8 Å². The summed E-state index contributed by atoms with van der Waals surface area (Å²) in [6.45, 7) is 10.1. The van der Waals surface area contributed by atoms with E-state index in [0.717, 1.165) is 44.7 Å². The number of nitrogens with zero attached hydrogens (tertiary/aromatic N) is 4. The van der Waals surface area contributed by atoms with Crippen LogP contribution in [0.3, 0.4) is 0 Å². The molecule has 1 aromatic heterocycles. The third kappa shape index (κ3) is 5.66. The number of allylic oxidation sites excluding steroid dienone is 2. The monoisotopic (exact) mass is 359 g/mol. The van der Waals surface area contributed by atoms with Gasteiger partial charge in [0.1, 0.15) is 0 Å².